The van der Waals surface area contributed by atoms with Crippen molar-refractivity contribution in [2.45, 2.75) is 0 Å². The van der Waals surface area contributed by atoms with E-state index in [4.69, 9.17) is 3.54 Å². The van der Waals surface area contributed by atoms with E-state index in [0.717, 1.165) is 0 Å². The van der Waals surface area contributed by atoms with Crippen LogP contribution in [0.5, 0.6) is 0 Å². The van der Waals surface area contributed by atoms with Crippen LogP contribution in [-0.4, -0.2) is 64.0 Å². The predicted octanol–water partition coefficient (Wildman–Crippen LogP) is -1.68. The second-order valence-corrected chi connectivity index (χ2v) is 0. The Labute approximate surface area is 100 Å². The molecule has 0 atom stereocenters. The molecule has 0 saturated heterocycles. The summed E-state index contributed by atoms with van der Waals surface area (Å²) >= 11 is 0.125. The molecule has 0 aliphatic heterocycles. The summed E-state index contributed by atoms with van der Waals surface area (Å²) in [6.45, 7) is 0. The van der Waals surface area contributed by atoms with Crippen molar-refractivity contribution in [3.05, 3.63) is 0 Å². The fourth-order valence-corrected chi connectivity index (χ4v) is 0. The van der Waals surface area contributed by atoms with Crippen LogP contribution in [0.15, 0.2) is 0 Å². The van der Waals surface area contributed by atoms with Gasteiger partial charge in [-0.2, -0.15) is 0 Å². The molecular formula is H3GaLaOSr. The number of hydrogen-bond donors (Lipinski definition) is 0. The van der Waals surface area contributed by atoms with Crippen molar-refractivity contribution in [3.8, 4) is 0 Å². The molecule has 0 aliphatic rings. The second-order valence-electron chi connectivity index (χ2n) is 0. The summed E-state index contributed by atoms with van der Waals surface area (Å²) in [7, 11) is 0. The predicted molar refractivity (Wildman–Crippen MR) is 16.4 cm³/mol. The van der Waals surface area contributed by atoms with Gasteiger partial charge in [-0.15, -0.1) is 0 Å². The van der Waals surface area contributed by atoms with E-state index >= 15 is 0 Å². The van der Waals surface area contributed by atoms with Gasteiger partial charge >= 0.3 is 67.6 Å². The van der Waals surface area contributed by atoms with Crippen molar-refractivity contribution in [3.63, 3.8) is 0 Å². The molecule has 4 heavy (non-hydrogen) atoms. The van der Waals surface area contributed by atoms with E-state index in [0.29, 0.717) is 0 Å². The van der Waals surface area contributed by atoms with Crippen LogP contribution in [0.3, 0.4) is 0 Å². The summed E-state index contributed by atoms with van der Waals surface area (Å²) in [4.78, 5) is 0. The summed E-state index contributed by atoms with van der Waals surface area (Å²) in [6, 6.07) is 0. The summed E-state index contributed by atoms with van der Waals surface area (Å²) in [5.74, 6) is 0. The molecule has 0 unspecified atom stereocenters. The van der Waals surface area contributed by atoms with Crippen LogP contribution in [0.25, 0.3) is 0 Å². The molecule has 0 N–H and O–H groups in total. The molecule has 0 heterocycles. The van der Waals surface area contributed by atoms with Crippen molar-refractivity contribution in [1.82, 2.24) is 0 Å². The topological polar surface area (TPSA) is 17.1 Å². The van der Waals surface area contributed by atoms with Crippen LogP contribution >= 0.6 is 0 Å². The first kappa shape index (κ1) is 15.7. The van der Waals surface area contributed by atoms with Gasteiger partial charge in [-0.05, 0) is 0 Å². The maximum absolute atomic E-state index is 8.38. The zero-order valence-electron chi connectivity index (χ0n) is 1.69. The van der Waals surface area contributed by atoms with Crippen LogP contribution in [-0.2, 0) is 3.54 Å². The summed E-state index contributed by atoms with van der Waals surface area (Å²) in [5, 5.41) is 0. The molecule has 0 spiro atoms. The fourth-order valence-electron chi connectivity index (χ4n) is 0. The van der Waals surface area contributed by atoms with E-state index in [2.05, 4.69) is 0 Å². The average Bonchev–Trinajstić information content (AvgIpc) is 1.00. The molecule has 0 amide bonds. The molecule has 17 valence electrons. The first-order chi connectivity index (χ1) is 1.00. The Morgan fingerprint density at radius 2 is 1.25 bits per heavy atom. The summed E-state index contributed by atoms with van der Waals surface area (Å²) in [5.41, 5.74) is 0. The summed E-state index contributed by atoms with van der Waals surface area (Å²) < 4.78 is 8.38. The van der Waals surface area contributed by atoms with Crippen LogP contribution in [0.1, 0.15) is 0 Å². The van der Waals surface area contributed by atoms with Gasteiger partial charge in [0.1, 0.15) is 0 Å². The Balaban J connectivity index is -0.00000000500. The Kier molecular flexibility index (Phi) is 64.8. The Bertz CT molecular complexity index is 8.00. The molecule has 0 aliphatic carbocycles. The SMILES string of the molecule is [La].[O]=[GaH].[SrH2]. The monoisotopic (exact) mass is 315 g/mol. The third-order valence-corrected chi connectivity index (χ3v) is 0. The van der Waals surface area contributed by atoms with Gasteiger partial charge < -0.3 is 0 Å². The molecule has 0 aromatic heterocycles. The minimum atomic E-state index is 0. The Morgan fingerprint density at radius 1 is 1.25 bits per heavy atom. The molecule has 4 heteroatoms. The zero-order valence-corrected chi connectivity index (χ0v) is 8.29. The van der Waals surface area contributed by atoms with E-state index in [1.165, 1.54) is 0 Å². The molecule has 0 rings (SSSR count). The molecule has 0 aromatic rings. The first-order valence-corrected chi connectivity index (χ1v) is 1.50. The number of rotatable bonds is 0. The normalized spacial score (nSPS) is 0.750. The van der Waals surface area contributed by atoms with E-state index < -0.39 is 0 Å². The average molecular weight is 315 g/mol. The number of hydrogen-bond acceptors (Lipinski definition) is 1. The second kappa shape index (κ2) is 16.5. The molecule has 1 radical (unpaired) electrons. The molecule has 0 fully saturated rings. The van der Waals surface area contributed by atoms with Gasteiger partial charge in [0, 0.05) is 35.6 Å². The molecule has 1 nitrogen and oxygen atoms in total. The van der Waals surface area contributed by atoms with Crippen molar-refractivity contribution in [1.29, 1.82) is 0 Å². The van der Waals surface area contributed by atoms with Crippen LogP contribution in [0.2, 0.25) is 0 Å². The van der Waals surface area contributed by atoms with Gasteiger partial charge in [-0.3, -0.25) is 0 Å². The van der Waals surface area contributed by atoms with E-state index in [1.54, 1.807) is 0 Å². The van der Waals surface area contributed by atoms with Crippen LogP contribution < -0.4 is 0 Å². The Hall–Kier alpha value is 3.11. The third kappa shape index (κ3) is 8.93. The van der Waals surface area contributed by atoms with Crippen LogP contribution in [0.4, 0.5) is 0 Å². The van der Waals surface area contributed by atoms with Gasteiger partial charge in [0.05, 0.1) is 0 Å². The van der Waals surface area contributed by atoms with Crippen molar-refractivity contribution in [2.75, 3.05) is 0 Å². The molecular weight excluding hydrogens is 312 g/mol. The quantitative estimate of drug-likeness (QED) is 0.488. The fraction of sp³-hybridized carbons (Fsp3) is 0. The van der Waals surface area contributed by atoms with Crippen molar-refractivity contribution in [2.24, 2.45) is 0 Å². The molecule has 0 saturated carbocycles. The van der Waals surface area contributed by atoms with E-state index in [9.17, 15) is 0 Å². The molecule has 0 aromatic carbocycles. The van der Waals surface area contributed by atoms with Gasteiger partial charge in [-0.25, -0.2) is 0 Å². The van der Waals surface area contributed by atoms with Crippen LogP contribution in [0, 0.1) is 35.6 Å². The van der Waals surface area contributed by atoms with E-state index in [1.807, 2.05) is 0 Å². The zero-order chi connectivity index (χ0) is 2.00. The van der Waals surface area contributed by atoms with Gasteiger partial charge in [-0.1, -0.05) is 0 Å². The standard InChI is InChI=1S/Ga.La.O.Sr.3H. The third-order valence-electron chi connectivity index (χ3n) is 0. The van der Waals surface area contributed by atoms with Gasteiger partial charge in [0.25, 0.3) is 0 Å². The first-order valence-electron chi connectivity index (χ1n) is 0.289. The maximum atomic E-state index is 8.38. The van der Waals surface area contributed by atoms with Gasteiger partial charge in [0.15, 0.2) is 0 Å². The van der Waals surface area contributed by atoms with E-state index in [-0.39, 0.29) is 99.6 Å². The van der Waals surface area contributed by atoms with Crippen molar-refractivity contribution < 1.29 is 39.1 Å². The Morgan fingerprint density at radius 3 is 1.25 bits per heavy atom. The summed E-state index contributed by atoms with van der Waals surface area (Å²) in [6.07, 6.45) is 0. The minimum absolute atomic E-state index is 0. The molecule has 0 bridgehead atoms. The van der Waals surface area contributed by atoms with Crippen molar-refractivity contribution >= 4 is 64.0 Å². The van der Waals surface area contributed by atoms with Gasteiger partial charge in [0.2, 0.25) is 0 Å².